The average molecular weight is 775 g/mol. The van der Waals surface area contributed by atoms with Crippen molar-refractivity contribution in [2.45, 2.75) is 69.6 Å². The Morgan fingerprint density at radius 1 is 0.732 bits per heavy atom. The van der Waals surface area contributed by atoms with Crippen molar-refractivity contribution in [3.8, 4) is 0 Å². The Morgan fingerprint density at radius 3 is 1.93 bits per heavy atom. The number of aryl methyl sites for hydroxylation is 2. The number of carbonyl (C=O) groups is 4. The minimum absolute atomic E-state index is 0.00748. The van der Waals surface area contributed by atoms with E-state index >= 15 is 0 Å². The summed E-state index contributed by atoms with van der Waals surface area (Å²) in [4.78, 5) is 51.5. The van der Waals surface area contributed by atoms with Gasteiger partial charge >= 0.3 is 11.9 Å². The summed E-state index contributed by atoms with van der Waals surface area (Å²) in [5.74, 6) is -1.40. The van der Waals surface area contributed by atoms with E-state index in [-0.39, 0.29) is 41.1 Å². The molecule has 0 aliphatic heterocycles. The van der Waals surface area contributed by atoms with Crippen LogP contribution in [0.3, 0.4) is 0 Å². The second-order valence-electron chi connectivity index (χ2n) is 14.0. The fraction of sp³-hybridized carbons (Fsp3) is 0.289. The van der Waals surface area contributed by atoms with Crippen molar-refractivity contribution in [1.29, 1.82) is 0 Å². The SMILES string of the molecule is CCCN(c1ccc(C(=O)OC)cc1)S(=O)(=O)c1cccc(C(=O)CC2=C(C(=O)Nc3ccc(CCc4ccc(C(=O)OC)cc4)cc3)C3=C(CCCC3)C2)c1. The number of nitrogens with one attached hydrogen (secondary N) is 1. The lowest BCUT2D eigenvalue weighted by atomic mass is 9.90. The fourth-order valence-corrected chi connectivity index (χ4v) is 8.96. The number of ketones is 1. The van der Waals surface area contributed by atoms with Gasteiger partial charge in [-0.15, -0.1) is 0 Å². The third-order valence-electron chi connectivity index (χ3n) is 10.3. The van der Waals surface area contributed by atoms with E-state index in [2.05, 4.69) is 5.32 Å². The van der Waals surface area contributed by atoms with Crippen LogP contribution in [0.15, 0.2) is 124 Å². The van der Waals surface area contributed by atoms with Gasteiger partial charge in [-0.25, -0.2) is 18.0 Å². The van der Waals surface area contributed by atoms with E-state index in [1.165, 1.54) is 48.4 Å². The molecule has 2 aliphatic rings. The largest absolute Gasteiger partial charge is 0.465 e. The second kappa shape index (κ2) is 17.8. The molecule has 0 bridgehead atoms. The summed E-state index contributed by atoms with van der Waals surface area (Å²) in [5.41, 5.74) is 7.83. The Kier molecular flexibility index (Phi) is 12.6. The van der Waals surface area contributed by atoms with Gasteiger partial charge in [-0.2, -0.15) is 0 Å². The van der Waals surface area contributed by atoms with Crippen LogP contribution >= 0.6 is 0 Å². The molecule has 0 saturated carbocycles. The smallest absolute Gasteiger partial charge is 0.337 e. The van der Waals surface area contributed by atoms with Gasteiger partial charge in [-0.3, -0.25) is 13.9 Å². The molecular weight excluding hydrogens is 729 g/mol. The van der Waals surface area contributed by atoms with Crippen molar-refractivity contribution >= 4 is 45.0 Å². The van der Waals surface area contributed by atoms with E-state index in [9.17, 15) is 27.6 Å². The molecule has 2 aliphatic carbocycles. The van der Waals surface area contributed by atoms with Crippen LogP contribution in [0.5, 0.6) is 0 Å². The minimum Gasteiger partial charge on any atom is -0.465 e. The summed E-state index contributed by atoms with van der Waals surface area (Å²) in [6.45, 7) is 2.06. The van der Waals surface area contributed by atoms with Crippen molar-refractivity contribution in [2.75, 3.05) is 30.4 Å². The number of carbonyl (C=O) groups excluding carboxylic acids is 4. The first-order valence-electron chi connectivity index (χ1n) is 18.9. The van der Waals surface area contributed by atoms with Crippen molar-refractivity contribution in [2.24, 2.45) is 0 Å². The predicted octanol–water partition coefficient (Wildman–Crippen LogP) is 8.43. The summed E-state index contributed by atoms with van der Waals surface area (Å²) >= 11 is 0. The number of sulfonamides is 1. The molecule has 0 fully saturated rings. The molecule has 0 atom stereocenters. The molecule has 11 heteroatoms. The summed E-state index contributed by atoms with van der Waals surface area (Å²) in [5, 5.41) is 3.07. The summed E-state index contributed by atoms with van der Waals surface area (Å²) in [6, 6.07) is 27.3. The van der Waals surface area contributed by atoms with Gasteiger partial charge in [0.15, 0.2) is 5.78 Å². The van der Waals surface area contributed by atoms with Gasteiger partial charge < -0.3 is 14.8 Å². The quantitative estimate of drug-likeness (QED) is 0.0940. The van der Waals surface area contributed by atoms with Crippen LogP contribution in [0, 0.1) is 0 Å². The van der Waals surface area contributed by atoms with E-state index in [1.807, 2.05) is 43.3 Å². The van der Waals surface area contributed by atoms with Crippen LogP contribution in [0.1, 0.15) is 94.1 Å². The molecule has 1 amide bonds. The van der Waals surface area contributed by atoms with Gasteiger partial charge in [0, 0.05) is 29.8 Å². The number of methoxy groups -OCH3 is 2. The maximum absolute atomic E-state index is 14.0. The third kappa shape index (κ3) is 9.00. The highest BCUT2D eigenvalue weighted by Crippen LogP contribution is 2.43. The maximum Gasteiger partial charge on any atom is 0.337 e. The van der Waals surface area contributed by atoms with E-state index < -0.39 is 16.0 Å². The van der Waals surface area contributed by atoms with Crippen molar-refractivity contribution in [1.82, 2.24) is 0 Å². The number of ether oxygens (including phenoxy) is 2. The number of rotatable bonds is 15. The molecule has 0 spiro atoms. The molecule has 56 heavy (non-hydrogen) atoms. The van der Waals surface area contributed by atoms with Crippen LogP contribution in [-0.4, -0.2) is 52.8 Å². The Bertz CT molecular complexity index is 2290. The van der Waals surface area contributed by atoms with Crippen molar-refractivity contribution in [3.05, 3.63) is 147 Å². The number of esters is 2. The first-order chi connectivity index (χ1) is 27.0. The highest BCUT2D eigenvalue weighted by atomic mass is 32.2. The fourth-order valence-electron chi connectivity index (χ4n) is 7.36. The van der Waals surface area contributed by atoms with Crippen LogP contribution in [-0.2, 0) is 37.1 Å². The van der Waals surface area contributed by atoms with Crippen molar-refractivity contribution in [3.63, 3.8) is 0 Å². The second-order valence-corrected chi connectivity index (χ2v) is 15.9. The molecule has 0 unspecified atom stereocenters. The Balaban J connectivity index is 1.17. The predicted molar refractivity (Wildman–Crippen MR) is 215 cm³/mol. The molecule has 4 aromatic carbocycles. The third-order valence-corrected chi connectivity index (χ3v) is 12.1. The van der Waals surface area contributed by atoms with Gasteiger partial charge in [0.05, 0.1) is 35.9 Å². The van der Waals surface area contributed by atoms with Crippen molar-refractivity contribution < 1.29 is 37.1 Å². The number of nitrogens with zero attached hydrogens (tertiary/aromatic N) is 1. The lowest BCUT2D eigenvalue weighted by molar-refractivity contribution is -0.112. The van der Waals surface area contributed by atoms with Gasteiger partial charge in [0.25, 0.3) is 15.9 Å². The molecule has 290 valence electrons. The zero-order chi connectivity index (χ0) is 39.8. The summed E-state index contributed by atoms with van der Waals surface area (Å²) in [6.07, 6.45) is 6.30. The Morgan fingerprint density at radius 2 is 1.32 bits per heavy atom. The highest BCUT2D eigenvalue weighted by molar-refractivity contribution is 7.92. The van der Waals surface area contributed by atoms with Gasteiger partial charge in [-0.1, -0.05) is 48.9 Å². The Hall–Kier alpha value is -5.81. The zero-order valence-electron chi connectivity index (χ0n) is 31.9. The Labute approximate surface area is 328 Å². The number of hydrogen-bond donors (Lipinski definition) is 1. The van der Waals surface area contributed by atoms with E-state index in [0.717, 1.165) is 60.8 Å². The van der Waals surface area contributed by atoms with Crippen LogP contribution in [0.4, 0.5) is 11.4 Å². The van der Waals surface area contributed by atoms with E-state index in [0.29, 0.717) is 40.9 Å². The first kappa shape index (κ1) is 39.9. The highest BCUT2D eigenvalue weighted by Gasteiger charge is 2.32. The molecular formula is C45H46N2O8S. The monoisotopic (exact) mass is 774 g/mol. The van der Waals surface area contributed by atoms with Crippen LogP contribution in [0.25, 0.3) is 0 Å². The first-order valence-corrected chi connectivity index (χ1v) is 20.3. The van der Waals surface area contributed by atoms with Gasteiger partial charge in [-0.05, 0) is 134 Å². The molecule has 0 saturated heterocycles. The number of hydrogen-bond acceptors (Lipinski definition) is 8. The van der Waals surface area contributed by atoms with Crippen LogP contribution in [0.2, 0.25) is 0 Å². The normalized spacial score (nSPS) is 13.9. The lowest BCUT2D eigenvalue weighted by Gasteiger charge is -2.24. The molecule has 6 rings (SSSR count). The van der Waals surface area contributed by atoms with Gasteiger partial charge in [0.2, 0.25) is 0 Å². The lowest BCUT2D eigenvalue weighted by Crippen LogP contribution is -2.32. The zero-order valence-corrected chi connectivity index (χ0v) is 32.7. The maximum atomic E-state index is 14.0. The van der Waals surface area contributed by atoms with E-state index in [1.54, 1.807) is 36.4 Å². The standard InChI is InChI=1S/C45H46N2O8S/c1-4-26-47(38-24-20-33(21-25-38)45(51)55-3)56(52,53)39-10-7-9-35(28-39)41(48)29-36-27-34-8-5-6-11-40(34)42(36)43(49)46-37-22-16-31(17-23-37)13-12-30-14-18-32(19-15-30)44(50)54-2/h7,9-10,14-25,28H,4-6,8,11-13,26-27,29H2,1-3H3,(H,46,49). The van der Waals surface area contributed by atoms with Crippen LogP contribution < -0.4 is 9.62 Å². The summed E-state index contributed by atoms with van der Waals surface area (Å²) < 4.78 is 38.8. The van der Waals surface area contributed by atoms with Gasteiger partial charge in [0.1, 0.15) is 0 Å². The topological polar surface area (TPSA) is 136 Å². The number of anilines is 2. The molecule has 0 heterocycles. The number of amides is 1. The molecule has 0 radical (unpaired) electrons. The minimum atomic E-state index is -4.08. The molecule has 4 aromatic rings. The number of allylic oxidation sites excluding steroid dienone is 2. The number of benzene rings is 4. The van der Waals surface area contributed by atoms with E-state index in [4.69, 9.17) is 9.47 Å². The molecule has 1 N–H and O–H groups in total. The number of Topliss-reactive ketones (excluding diaryl/α,β-unsaturated/α-hetero) is 1. The molecule has 10 nitrogen and oxygen atoms in total. The molecule has 0 aromatic heterocycles. The average Bonchev–Trinajstić information content (AvgIpc) is 3.60. The summed E-state index contributed by atoms with van der Waals surface area (Å²) in [7, 11) is -1.44.